The number of rotatable bonds is 3. The molecule has 0 amide bonds. The van der Waals surface area contributed by atoms with Crippen molar-refractivity contribution in [1.82, 2.24) is 25.1 Å². The fourth-order valence-electron chi connectivity index (χ4n) is 2.89. The Morgan fingerprint density at radius 1 is 1.04 bits per heavy atom. The minimum atomic E-state index is -4.60. The van der Waals surface area contributed by atoms with E-state index in [2.05, 4.69) is 20.6 Å². The lowest BCUT2D eigenvalue weighted by atomic mass is 10.0. The Kier molecular flexibility index (Phi) is 3.14. The molecular formula is C16H14F3N5. The van der Waals surface area contributed by atoms with Crippen LogP contribution in [0.5, 0.6) is 0 Å². The van der Waals surface area contributed by atoms with Gasteiger partial charge in [-0.25, -0.2) is 0 Å². The molecule has 1 N–H and O–H groups in total. The smallest absolute Gasteiger partial charge is 0.310 e. The molecule has 1 fully saturated rings. The van der Waals surface area contributed by atoms with Crippen LogP contribution in [0.1, 0.15) is 24.2 Å². The van der Waals surface area contributed by atoms with Crippen LogP contribution in [0.15, 0.2) is 36.4 Å². The van der Waals surface area contributed by atoms with E-state index in [0.29, 0.717) is 5.69 Å². The molecule has 2 aromatic heterocycles. The van der Waals surface area contributed by atoms with Crippen LogP contribution in [0, 0.1) is 0 Å². The first-order chi connectivity index (χ1) is 11.4. The SMILES string of the molecule is CNC1(c2ccc(-c3ccc4nnc(C(F)(F)F)n4n3)cc2)CC1. The maximum atomic E-state index is 12.9. The van der Waals surface area contributed by atoms with E-state index >= 15 is 0 Å². The first kappa shape index (κ1) is 15.1. The summed E-state index contributed by atoms with van der Waals surface area (Å²) in [5.41, 5.74) is 2.47. The van der Waals surface area contributed by atoms with Crippen molar-refractivity contribution in [3.05, 3.63) is 47.8 Å². The number of halogens is 3. The molecule has 0 saturated heterocycles. The van der Waals surface area contributed by atoms with Crippen molar-refractivity contribution in [2.45, 2.75) is 24.6 Å². The third kappa shape index (κ3) is 2.34. The topological polar surface area (TPSA) is 55.1 Å². The van der Waals surface area contributed by atoms with Crippen molar-refractivity contribution in [3.63, 3.8) is 0 Å². The molecule has 0 unspecified atom stereocenters. The van der Waals surface area contributed by atoms with Crippen molar-refractivity contribution in [2.75, 3.05) is 7.05 Å². The number of nitrogens with zero attached hydrogens (tertiary/aromatic N) is 4. The summed E-state index contributed by atoms with van der Waals surface area (Å²) in [5, 5.41) is 14.1. The molecule has 1 aliphatic carbocycles. The van der Waals surface area contributed by atoms with Gasteiger partial charge in [0.05, 0.1) is 5.69 Å². The molecule has 3 aromatic rings. The zero-order chi connectivity index (χ0) is 16.9. The summed E-state index contributed by atoms with van der Waals surface area (Å²) >= 11 is 0. The molecule has 8 heteroatoms. The van der Waals surface area contributed by atoms with E-state index in [1.165, 1.54) is 11.6 Å². The number of nitrogens with one attached hydrogen (secondary N) is 1. The quantitative estimate of drug-likeness (QED) is 0.800. The Bertz CT molecular complexity index is 894. The maximum absolute atomic E-state index is 12.9. The normalized spacial score (nSPS) is 16.5. The van der Waals surface area contributed by atoms with Crippen LogP contribution in [0.4, 0.5) is 13.2 Å². The van der Waals surface area contributed by atoms with Gasteiger partial charge in [-0.3, -0.25) is 0 Å². The molecule has 0 radical (unpaired) electrons. The predicted molar refractivity (Wildman–Crippen MR) is 81.2 cm³/mol. The van der Waals surface area contributed by atoms with Crippen molar-refractivity contribution in [2.24, 2.45) is 0 Å². The summed E-state index contributed by atoms with van der Waals surface area (Å²) < 4.78 is 39.6. The largest absolute Gasteiger partial charge is 0.453 e. The summed E-state index contributed by atoms with van der Waals surface area (Å²) in [6.07, 6.45) is -2.43. The highest BCUT2D eigenvalue weighted by molar-refractivity contribution is 5.61. The van der Waals surface area contributed by atoms with Gasteiger partial charge in [0, 0.05) is 11.1 Å². The molecule has 0 atom stereocenters. The van der Waals surface area contributed by atoms with Crippen LogP contribution in [0.2, 0.25) is 0 Å². The van der Waals surface area contributed by atoms with Crippen molar-refractivity contribution in [3.8, 4) is 11.3 Å². The number of benzene rings is 1. The summed E-state index contributed by atoms with van der Waals surface area (Å²) in [6, 6.07) is 10.8. The molecule has 24 heavy (non-hydrogen) atoms. The Labute approximate surface area is 135 Å². The van der Waals surface area contributed by atoms with Crippen LogP contribution in [0.3, 0.4) is 0 Å². The first-order valence-corrected chi connectivity index (χ1v) is 7.52. The van der Waals surface area contributed by atoms with Gasteiger partial charge in [-0.05, 0) is 37.6 Å². The third-order valence-corrected chi connectivity index (χ3v) is 4.48. The van der Waals surface area contributed by atoms with Crippen LogP contribution < -0.4 is 5.32 Å². The second-order valence-corrected chi connectivity index (χ2v) is 5.92. The lowest BCUT2D eigenvalue weighted by molar-refractivity contribution is -0.146. The molecule has 124 valence electrons. The number of hydrogen-bond donors (Lipinski definition) is 1. The fraction of sp³-hybridized carbons (Fsp3) is 0.312. The Morgan fingerprint density at radius 3 is 2.33 bits per heavy atom. The summed E-state index contributed by atoms with van der Waals surface area (Å²) in [6.45, 7) is 0. The molecule has 0 bridgehead atoms. The molecule has 2 heterocycles. The lowest BCUT2D eigenvalue weighted by Crippen LogP contribution is -2.24. The van der Waals surface area contributed by atoms with Crippen LogP contribution in [-0.4, -0.2) is 26.9 Å². The van der Waals surface area contributed by atoms with Gasteiger partial charge in [-0.15, -0.1) is 10.2 Å². The van der Waals surface area contributed by atoms with Gasteiger partial charge in [0.2, 0.25) is 0 Å². The molecule has 5 nitrogen and oxygen atoms in total. The molecule has 0 aliphatic heterocycles. The molecular weight excluding hydrogens is 319 g/mol. The van der Waals surface area contributed by atoms with Crippen molar-refractivity contribution < 1.29 is 13.2 Å². The number of fused-ring (bicyclic) bond motifs is 1. The average Bonchev–Trinajstić information content (AvgIpc) is 3.25. The number of aromatic nitrogens is 4. The summed E-state index contributed by atoms with van der Waals surface area (Å²) in [5.74, 6) is -1.12. The fourth-order valence-corrected chi connectivity index (χ4v) is 2.89. The highest BCUT2D eigenvalue weighted by atomic mass is 19.4. The first-order valence-electron chi connectivity index (χ1n) is 7.52. The van der Waals surface area contributed by atoms with Gasteiger partial charge >= 0.3 is 6.18 Å². The second kappa shape index (κ2) is 5.01. The van der Waals surface area contributed by atoms with Gasteiger partial charge < -0.3 is 5.32 Å². The Hall–Kier alpha value is -2.48. The third-order valence-electron chi connectivity index (χ3n) is 4.48. The predicted octanol–water partition coefficient (Wildman–Crippen LogP) is 3.02. The maximum Gasteiger partial charge on any atom is 0.453 e. The average molecular weight is 333 g/mol. The van der Waals surface area contributed by atoms with Crippen LogP contribution in [-0.2, 0) is 11.7 Å². The molecule has 0 spiro atoms. The molecule has 1 aliphatic rings. The van der Waals surface area contributed by atoms with E-state index in [1.54, 1.807) is 6.07 Å². The van der Waals surface area contributed by atoms with Gasteiger partial charge in [0.25, 0.3) is 5.82 Å². The monoisotopic (exact) mass is 333 g/mol. The zero-order valence-electron chi connectivity index (χ0n) is 12.8. The van der Waals surface area contributed by atoms with E-state index in [4.69, 9.17) is 0 Å². The Balaban J connectivity index is 1.74. The van der Waals surface area contributed by atoms with E-state index in [0.717, 1.165) is 22.9 Å². The van der Waals surface area contributed by atoms with Crippen LogP contribution in [0.25, 0.3) is 16.9 Å². The van der Waals surface area contributed by atoms with Gasteiger partial charge in [-0.2, -0.15) is 22.8 Å². The standard InChI is InChI=1S/C16H14F3N5/c1-20-15(8-9-15)11-4-2-10(3-5-11)12-6-7-13-21-22-14(16(17,18)19)24(13)23-12/h2-7,20H,8-9H2,1H3. The molecule has 1 saturated carbocycles. The van der Waals surface area contributed by atoms with E-state index in [9.17, 15) is 13.2 Å². The minimum absolute atomic E-state index is 0.0492. The molecule has 1 aromatic carbocycles. The summed E-state index contributed by atoms with van der Waals surface area (Å²) in [7, 11) is 1.93. The Morgan fingerprint density at radius 2 is 1.75 bits per heavy atom. The number of alkyl halides is 3. The second-order valence-electron chi connectivity index (χ2n) is 5.92. The summed E-state index contributed by atoms with van der Waals surface area (Å²) in [4.78, 5) is 0. The highest BCUT2D eigenvalue weighted by Crippen LogP contribution is 2.45. The van der Waals surface area contributed by atoms with Gasteiger partial charge in [0.15, 0.2) is 5.65 Å². The lowest BCUT2D eigenvalue weighted by Gasteiger charge is -2.14. The van der Waals surface area contributed by atoms with Gasteiger partial charge in [-0.1, -0.05) is 24.3 Å². The number of hydrogen-bond acceptors (Lipinski definition) is 4. The highest BCUT2D eigenvalue weighted by Gasteiger charge is 2.42. The van der Waals surface area contributed by atoms with Crippen molar-refractivity contribution >= 4 is 5.65 Å². The van der Waals surface area contributed by atoms with E-state index < -0.39 is 12.0 Å². The van der Waals surface area contributed by atoms with Crippen LogP contribution >= 0.6 is 0 Å². The van der Waals surface area contributed by atoms with Crippen molar-refractivity contribution in [1.29, 1.82) is 0 Å². The minimum Gasteiger partial charge on any atom is -0.310 e. The van der Waals surface area contributed by atoms with E-state index in [-0.39, 0.29) is 11.2 Å². The molecule has 4 rings (SSSR count). The van der Waals surface area contributed by atoms with E-state index in [1.807, 2.05) is 31.3 Å². The van der Waals surface area contributed by atoms with Gasteiger partial charge in [0.1, 0.15) is 0 Å². The zero-order valence-corrected chi connectivity index (χ0v) is 12.8.